The Bertz CT molecular complexity index is 174. The first kappa shape index (κ1) is 7.17. The highest BCUT2D eigenvalue weighted by molar-refractivity contribution is 5.11. The normalized spacial score (nSPS) is 37.0. The quantitative estimate of drug-likeness (QED) is 0.619. The first-order chi connectivity index (χ1) is 5.38. The molecule has 0 aromatic carbocycles. The van der Waals surface area contributed by atoms with E-state index in [0.29, 0.717) is 5.92 Å². The minimum Gasteiger partial charge on any atom is -0.501 e. The Morgan fingerprint density at radius 2 is 2.36 bits per heavy atom. The van der Waals surface area contributed by atoms with E-state index in [1.165, 1.54) is 5.57 Å². The molecule has 0 amide bonds. The van der Waals surface area contributed by atoms with Crippen LogP contribution in [0.1, 0.15) is 25.7 Å². The van der Waals surface area contributed by atoms with Crippen LogP contribution in [-0.2, 0) is 4.74 Å². The molecule has 0 radical (unpaired) electrons. The van der Waals surface area contributed by atoms with Crippen molar-refractivity contribution >= 4 is 0 Å². The molecule has 11 heavy (non-hydrogen) atoms. The van der Waals surface area contributed by atoms with E-state index in [9.17, 15) is 5.11 Å². The lowest BCUT2D eigenvalue weighted by Crippen LogP contribution is -2.33. The lowest BCUT2D eigenvalue weighted by Gasteiger charge is -2.35. The molecule has 1 saturated carbocycles. The summed E-state index contributed by atoms with van der Waals surface area (Å²) in [5.41, 5.74) is 1.33. The van der Waals surface area contributed by atoms with Crippen molar-refractivity contribution in [3.8, 4) is 0 Å². The highest BCUT2D eigenvalue weighted by atomic mass is 16.5. The van der Waals surface area contributed by atoms with E-state index in [4.69, 9.17) is 4.74 Å². The fourth-order valence-electron chi connectivity index (χ4n) is 1.77. The summed E-state index contributed by atoms with van der Waals surface area (Å²) in [6.07, 6.45) is 6.15. The number of ether oxygens (including phenoxy) is 1. The summed E-state index contributed by atoms with van der Waals surface area (Å²) in [5.74, 6) is 0.426. The number of aliphatic hydroxyl groups is 1. The minimum atomic E-state index is -0.0806. The van der Waals surface area contributed by atoms with E-state index in [-0.39, 0.29) is 6.10 Å². The second-order valence-corrected chi connectivity index (χ2v) is 3.42. The van der Waals surface area contributed by atoms with Crippen molar-refractivity contribution < 1.29 is 9.84 Å². The predicted octanol–water partition coefficient (Wildman–Crippen LogP) is 1.45. The Hall–Kier alpha value is -0.500. The van der Waals surface area contributed by atoms with Crippen LogP contribution in [-0.4, -0.2) is 17.8 Å². The van der Waals surface area contributed by atoms with Crippen LogP contribution in [0.2, 0.25) is 0 Å². The van der Waals surface area contributed by atoms with Gasteiger partial charge in [0, 0.05) is 5.92 Å². The van der Waals surface area contributed by atoms with Crippen molar-refractivity contribution in [2.24, 2.45) is 5.92 Å². The molecule has 2 nitrogen and oxygen atoms in total. The van der Waals surface area contributed by atoms with Crippen LogP contribution < -0.4 is 0 Å². The third kappa shape index (κ3) is 1.27. The molecule has 0 spiro atoms. The van der Waals surface area contributed by atoms with Gasteiger partial charge in [-0.3, -0.25) is 0 Å². The molecule has 2 aliphatic rings. The van der Waals surface area contributed by atoms with Gasteiger partial charge in [-0.1, -0.05) is 0 Å². The summed E-state index contributed by atoms with van der Waals surface area (Å²) in [6, 6.07) is 0. The van der Waals surface area contributed by atoms with E-state index in [2.05, 4.69) is 0 Å². The maximum Gasteiger partial charge on any atom is 0.0876 e. The Balaban J connectivity index is 1.97. The molecule has 1 fully saturated rings. The number of aliphatic hydroxyl groups excluding tert-OH is 1. The third-order valence-corrected chi connectivity index (χ3v) is 2.68. The summed E-state index contributed by atoms with van der Waals surface area (Å²) >= 11 is 0. The average Bonchev–Trinajstić information content (AvgIpc) is 2.04. The fraction of sp³-hybridized carbons (Fsp3) is 0.778. The summed E-state index contributed by atoms with van der Waals surface area (Å²) in [4.78, 5) is 0. The number of rotatable bonds is 1. The molecule has 62 valence electrons. The monoisotopic (exact) mass is 154 g/mol. The first-order valence-corrected chi connectivity index (χ1v) is 4.36. The minimum absolute atomic E-state index is 0.0806. The Morgan fingerprint density at radius 3 is 2.82 bits per heavy atom. The summed E-state index contributed by atoms with van der Waals surface area (Å²) in [5, 5.41) is 9.36. The molecule has 1 heterocycles. The number of hydrogen-bond donors (Lipinski definition) is 1. The zero-order chi connectivity index (χ0) is 7.68. The molecule has 0 aromatic heterocycles. The van der Waals surface area contributed by atoms with Gasteiger partial charge in [0.2, 0.25) is 0 Å². The maximum absolute atomic E-state index is 9.36. The van der Waals surface area contributed by atoms with Crippen LogP contribution >= 0.6 is 0 Å². The van der Waals surface area contributed by atoms with Gasteiger partial charge in [-0.15, -0.1) is 0 Å². The second-order valence-electron chi connectivity index (χ2n) is 3.42. The highest BCUT2D eigenvalue weighted by Crippen LogP contribution is 2.36. The van der Waals surface area contributed by atoms with E-state index in [1.54, 1.807) is 0 Å². The summed E-state index contributed by atoms with van der Waals surface area (Å²) < 4.78 is 5.21. The zero-order valence-electron chi connectivity index (χ0n) is 6.62. The van der Waals surface area contributed by atoms with Gasteiger partial charge in [0.15, 0.2) is 0 Å². The van der Waals surface area contributed by atoms with Gasteiger partial charge in [-0.25, -0.2) is 0 Å². The maximum atomic E-state index is 9.36. The van der Waals surface area contributed by atoms with Crippen LogP contribution in [0.4, 0.5) is 0 Å². The third-order valence-electron chi connectivity index (χ3n) is 2.68. The largest absolute Gasteiger partial charge is 0.501 e. The second kappa shape index (κ2) is 2.86. The van der Waals surface area contributed by atoms with Crippen molar-refractivity contribution in [3.05, 3.63) is 11.8 Å². The SMILES string of the molecule is OC1CCC1C1=COCCC1. The van der Waals surface area contributed by atoms with Gasteiger partial charge in [0.1, 0.15) is 0 Å². The van der Waals surface area contributed by atoms with Gasteiger partial charge in [0.25, 0.3) is 0 Å². The molecular weight excluding hydrogens is 140 g/mol. The Labute approximate surface area is 66.9 Å². The topological polar surface area (TPSA) is 29.5 Å². The van der Waals surface area contributed by atoms with Gasteiger partial charge in [-0.05, 0) is 31.3 Å². The number of hydrogen-bond acceptors (Lipinski definition) is 2. The van der Waals surface area contributed by atoms with Crippen molar-refractivity contribution in [2.75, 3.05) is 6.61 Å². The first-order valence-electron chi connectivity index (χ1n) is 4.36. The smallest absolute Gasteiger partial charge is 0.0876 e. The van der Waals surface area contributed by atoms with Crippen LogP contribution in [0.3, 0.4) is 0 Å². The Morgan fingerprint density at radius 1 is 1.45 bits per heavy atom. The Kier molecular flexibility index (Phi) is 1.86. The van der Waals surface area contributed by atoms with E-state index in [0.717, 1.165) is 32.3 Å². The van der Waals surface area contributed by atoms with Crippen molar-refractivity contribution in [2.45, 2.75) is 31.8 Å². The van der Waals surface area contributed by atoms with Crippen LogP contribution in [0.25, 0.3) is 0 Å². The van der Waals surface area contributed by atoms with Crippen LogP contribution in [0.15, 0.2) is 11.8 Å². The summed E-state index contributed by atoms with van der Waals surface area (Å²) in [6.45, 7) is 0.853. The molecular formula is C9H14O2. The standard InChI is InChI=1S/C9H14O2/c10-9-4-3-8(9)7-2-1-5-11-6-7/h6,8-10H,1-5H2. The highest BCUT2D eigenvalue weighted by Gasteiger charge is 2.32. The molecule has 1 N–H and O–H groups in total. The molecule has 2 atom stereocenters. The zero-order valence-corrected chi connectivity index (χ0v) is 6.62. The predicted molar refractivity (Wildman–Crippen MR) is 42.0 cm³/mol. The molecule has 1 aliphatic carbocycles. The lowest BCUT2D eigenvalue weighted by atomic mass is 9.75. The molecule has 0 aromatic rings. The van der Waals surface area contributed by atoms with Crippen molar-refractivity contribution in [1.29, 1.82) is 0 Å². The average molecular weight is 154 g/mol. The van der Waals surface area contributed by atoms with E-state index in [1.807, 2.05) is 6.26 Å². The molecule has 0 saturated heterocycles. The van der Waals surface area contributed by atoms with E-state index < -0.39 is 0 Å². The summed E-state index contributed by atoms with van der Waals surface area (Å²) in [7, 11) is 0. The van der Waals surface area contributed by atoms with Crippen LogP contribution in [0, 0.1) is 5.92 Å². The molecule has 2 unspecified atom stereocenters. The molecule has 2 heteroatoms. The van der Waals surface area contributed by atoms with Crippen molar-refractivity contribution in [3.63, 3.8) is 0 Å². The van der Waals surface area contributed by atoms with Gasteiger partial charge >= 0.3 is 0 Å². The molecule has 2 rings (SSSR count). The molecule has 0 bridgehead atoms. The van der Waals surface area contributed by atoms with Crippen LogP contribution in [0.5, 0.6) is 0 Å². The van der Waals surface area contributed by atoms with Crippen molar-refractivity contribution in [1.82, 2.24) is 0 Å². The van der Waals surface area contributed by atoms with Gasteiger partial charge < -0.3 is 9.84 Å². The van der Waals surface area contributed by atoms with Gasteiger partial charge in [0.05, 0.1) is 19.0 Å². The fourth-order valence-corrected chi connectivity index (χ4v) is 1.77. The van der Waals surface area contributed by atoms with E-state index >= 15 is 0 Å². The van der Waals surface area contributed by atoms with Gasteiger partial charge in [-0.2, -0.15) is 0 Å². The molecule has 1 aliphatic heterocycles. The lowest BCUT2D eigenvalue weighted by molar-refractivity contribution is 0.0369.